The second-order valence-electron chi connectivity index (χ2n) is 3.50. The van der Waals surface area contributed by atoms with E-state index < -0.39 is 6.10 Å². The Morgan fingerprint density at radius 3 is 2.76 bits per heavy atom. The molecule has 0 fully saturated rings. The molecule has 0 spiro atoms. The molecule has 0 aliphatic heterocycles. The molecular formula is C10H13N5O2. The smallest absolute Gasteiger partial charge is 0.240 e. The van der Waals surface area contributed by atoms with E-state index in [1.807, 2.05) is 30.3 Å². The van der Waals surface area contributed by atoms with E-state index in [9.17, 15) is 5.11 Å². The molecule has 1 aromatic heterocycles. The lowest BCUT2D eigenvalue weighted by Crippen LogP contribution is -2.25. The second-order valence-corrected chi connectivity index (χ2v) is 3.50. The van der Waals surface area contributed by atoms with Gasteiger partial charge in [0.2, 0.25) is 5.95 Å². The van der Waals surface area contributed by atoms with E-state index in [2.05, 4.69) is 15.5 Å². The van der Waals surface area contributed by atoms with Gasteiger partial charge in [0, 0.05) is 0 Å². The highest BCUT2D eigenvalue weighted by Crippen LogP contribution is 2.08. The summed E-state index contributed by atoms with van der Waals surface area (Å²) in [6, 6.07) is 9.25. The molecule has 1 atom stereocenters. The van der Waals surface area contributed by atoms with Gasteiger partial charge in [-0.2, -0.15) is 0 Å². The normalized spacial score (nSPS) is 12.3. The Kier molecular flexibility index (Phi) is 3.51. The monoisotopic (exact) mass is 235 g/mol. The summed E-state index contributed by atoms with van der Waals surface area (Å²) in [5.74, 6) is 0.875. The number of nitrogens with zero attached hydrogens (tertiary/aromatic N) is 4. The maximum Gasteiger partial charge on any atom is 0.240 e. The molecule has 0 aliphatic rings. The van der Waals surface area contributed by atoms with Crippen molar-refractivity contribution in [1.82, 2.24) is 20.2 Å². The van der Waals surface area contributed by atoms with Gasteiger partial charge in [-0.15, -0.1) is 0 Å². The number of nitrogens with two attached hydrogens (primary N) is 1. The molecule has 7 heteroatoms. The van der Waals surface area contributed by atoms with Crippen LogP contribution in [-0.4, -0.2) is 38.0 Å². The van der Waals surface area contributed by atoms with Gasteiger partial charge in [0.05, 0.1) is 6.54 Å². The first-order chi connectivity index (χ1) is 8.25. The molecule has 3 N–H and O–H groups in total. The first kappa shape index (κ1) is 11.3. The summed E-state index contributed by atoms with van der Waals surface area (Å²) < 4.78 is 6.70. The topological polar surface area (TPSA) is 99.1 Å². The standard InChI is InChI=1S/C10H13N5O2/c11-10-12-13-14-15(10)6-8(16)7-17-9-4-2-1-3-5-9/h1-5,8,16H,6-7H2,(H2,11,12,14). The van der Waals surface area contributed by atoms with E-state index in [0.29, 0.717) is 5.75 Å². The molecule has 0 radical (unpaired) electrons. The van der Waals surface area contributed by atoms with E-state index in [1.54, 1.807) is 0 Å². The van der Waals surface area contributed by atoms with Crippen LogP contribution in [0.4, 0.5) is 5.95 Å². The number of aliphatic hydroxyl groups excluding tert-OH is 1. The van der Waals surface area contributed by atoms with Gasteiger partial charge in [0.1, 0.15) is 18.5 Å². The van der Waals surface area contributed by atoms with E-state index in [-0.39, 0.29) is 19.1 Å². The molecule has 0 saturated heterocycles. The molecule has 0 saturated carbocycles. The summed E-state index contributed by atoms with van der Waals surface area (Å²) >= 11 is 0. The maximum atomic E-state index is 9.71. The SMILES string of the molecule is Nc1nnnn1CC(O)COc1ccccc1. The van der Waals surface area contributed by atoms with Crippen molar-refractivity contribution in [3.05, 3.63) is 30.3 Å². The number of benzene rings is 1. The lowest BCUT2D eigenvalue weighted by atomic mass is 10.3. The Hall–Kier alpha value is -2.15. The van der Waals surface area contributed by atoms with Gasteiger partial charge in [0.25, 0.3) is 0 Å². The quantitative estimate of drug-likeness (QED) is 0.737. The average molecular weight is 235 g/mol. The molecule has 2 aromatic rings. The fourth-order valence-electron chi connectivity index (χ4n) is 1.30. The lowest BCUT2D eigenvalue weighted by molar-refractivity contribution is 0.0894. The summed E-state index contributed by atoms with van der Waals surface area (Å²) in [7, 11) is 0. The molecule has 2 rings (SSSR count). The molecule has 1 heterocycles. The Morgan fingerprint density at radius 1 is 1.35 bits per heavy atom. The van der Waals surface area contributed by atoms with Gasteiger partial charge in [-0.25, -0.2) is 4.68 Å². The number of aromatic nitrogens is 4. The Morgan fingerprint density at radius 2 is 2.12 bits per heavy atom. The van der Waals surface area contributed by atoms with Gasteiger partial charge in [-0.05, 0) is 22.6 Å². The van der Waals surface area contributed by atoms with Crippen molar-refractivity contribution < 1.29 is 9.84 Å². The fraction of sp³-hybridized carbons (Fsp3) is 0.300. The minimum Gasteiger partial charge on any atom is -0.491 e. The van der Waals surface area contributed by atoms with Crippen molar-refractivity contribution in [2.24, 2.45) is 0 Å². The second kappa shape index (κ2) is 5.26. The fourth-order valence-corrected chi connectivity index (χ4v) is 1.30. The zero-order valence-corrected chi connectivity index (χ0v) is 9.10. The van der Waals surface area contributed by atoms with Crippen molar-refractivity contribution in [3.8, 4) is 5.75 Å². The zero-order valence-electron chi connectivity index (χ0n) is 9.10. The number of hydrogen-bond acceptors (Lipinski definition) is 6. The van der Waals surface area contributed by atoms with E-state index in [0.717, 1.165) is 0 Å². The molecule has 1 unspecified atom stereocenters. The zero-order chi connectivity index (χ0) is 12.1. The highest BCUT2D eigenvalue weighted by atomic mass is 16.5. The Bertz CT molecular complexity index is 459. The van der Waals surface area contributed by atoms with Crippen molar-refractivity contribution in [2.45, 2.75) is 12.6 Å². The molecule has 1 aromatic carbocycles. The summed E-state index contributed by atoms with van der Waals surface area (Å²) in [5.41, 5.74) is 5.47. The van der Waals surface area contributed by atoms with E-state index >= 15 is 0 Å². The molecule has 0 aliphatic carbocycles. The molecule has 0 bridgehead atoms. The third-order valence-corrected chi connectivity index (χ3v) is 2.13. The van der Waals surface area contributed by atoms with Crippen LogP contribution in [0.1, 0.15) is 0 Å². The third kappa shape index (κ3) is 3.15. The maximum absolute atomic E-state index is 9.71. The van der Waals surface area contributed by atoms with Crippen LogP contribution in [0.15, 0.2) is 30.3 Å². The number of rotatable bonds is 5. The van der Waals surface area contributed by atoms with Gasteiger partial charge >= 0.3 is 0 Å². The number of nitrogen functional groups attached to an aromatic ring is 1. The van der Waals surface area contributed by atoms with E-state index in [4.69, 9.17) is 10.5 Å². The largest absolute Gasteiger partial charge is 0.491 e. The van der Waals surface area contributed by atoms with Crippen molar-refractivity contribution in [1.29, 1.82) is 0 Å². The Labute approximate surface area is 97.8 Å². The molecule has 7 nitrogen and oxygen atoms in total. The first-order valence-corrected chi connectivity index (χ1v) is 5.13. The van der Waals surface area contributed by atoms with Crippen molar-refractivity contribution in [2.75, 3.05) is 12.3 Å². The summed E-state index contributed by atoms with van der Waals surface area (Å²) in [6.45, 7) is 0.356. The van der Waals surface area contributed by atoms with Gasteiger partial charge in [-0.1, -0.05) is 23.3 Å². The number of anilines is 1. The number of para-hydroxylation sites is 1. The van der Waals surface area contributed by atoms with Crippen LogP contribution in [0, 0.1) is 0 Å². The third-order valence-electron chi connectivity index (χ3n) is 2.13. The van der Waals surface area contributed by atoms with Crippen LogP contribution in [0.2, 0.25) is 0 Å². The first-order valence-electron chi connectivity index (χ1n) is 5.13. The van der Waals surface area contributed by atoms with Crippen molar-refractivity contribution in [3.63, 3.8) is 0 Å². The summed E-state index contributed by atoms with van der Waals surface area (Å²) in [5, 5.41) is 20.2. The van der Waals surface area contributed by atoms with Crippen LogP contribution in [-0.2, 0) is 6.54 Å². The minimum atomic E-state index is -0.721. The number of hydrogen-bond donors (Lipinski definition) is 2. The molecule has 90 valence electrons. The summed E-state index contributed by atoms with van der Waals surface area (Å²) in [6.07, 6.45) is -0.721. The number of aliphatic hydroxyl groups is 1. The minimum absolute atomic E-state index is 0.156. The van der Waals surface area contributed by atoms with Crippen LogP contribution in [0.25, 0.3) is 0 Å². The number of ether oxygens (including phenoxy) is 1. The predicted octanol–water partition coefficient (Wildman–Crippen LogP) is -0.305. The average Bonchev–Trinajstić information content (AvgIpc) is 2.74. The van der Waals surface area contributed by atoms with Gasteiger partial charge in [-0.3, -0.25) is 0 Å². The summed E-state index contributed by atoms with van der Waals surface area (Å²) in [4.78, 5) is 0. The molecular weight excluding hydrogens is 222 g/mol. The van der Waals surface area contributed by atoms with Crippen LogP contribution >= 0.6 is 0 Å². The predicted molar refractivity (Wildman–Crippen MR) is 60.2 cm³/mol. The lowest BCUT2D eigenvalue weighted by Gasteiger charge is -2.12. The van der Waals surface area contributed by atoms with Gasteiger partial charge < -0.3 is 15.6 Å². The Balaban J connectivity index is 1.82. The molecule has 0 amide bonds. The van der Waals surface area contributed by atoms with Crippen LogP contribution in [0.5, 0.6) is 5.75 Å². The van der Waals surface area contributed by atoms with Gasteiger partial charge in [0.15, 0.2) is 0 Å². The highest BCUT2D eigenvalue weighted by molar-refractivity contribution is 5.20. The van der Waals surface area contributed by atoms with Crippen molar-refractivity contribution >= 4 is 5.95 Å². The van der Waals surface area contributed by atoms with Crippen LogP contribution < -0.4 is 10.5 Å². The number of tetrazole rings is 1. The highest BCUT2D eigenvalue weighted by Gasteiger charge is 2.09. The van der Waals surface area contributed by atoms with E-state index in [1.165, 1.54) is 4.68 Å². The molecule has 17 heavy (non-hydrogen) atoms. The van der Waals surface area contributed by atoms with Crippen LogP contribution in [0.3, 0.4) is 0 Å².